The normalized spacial score (nSPS) is 16.2. The van der Waals surface area contributed by atoms with E-state index in [-0.39, 0.29) is 37.9 Å². The van der Waals surface area contributed by atoms with Crippen LogP contribution in [0.1, 0.15) is 74.5 Å². The zero-order chi connectivity index (χ0) is 28.2. The number of anilines is 1. The lowest BCUT2D eigenvalue weighted by Gasteiger charge is -2.36. The molecule has 2 aromatic carbocycles. The summed E-state index contributed by atoms with van der Waals surface area (Å²) in [4.78, 5) is 28.0. The third-order valence-corrected chi connectivity index (χ3v) is 6.70. The van der Waals surface area contributed by atoms with Crippen molar-refractivity contribution in [1.82, 2.24) is 5.32 Å². The Kier molecular flexibility index (Phi) is 12.1. The van der Waals surface area contributed by atoms with E-state index in [0.717, 1.165) is 49.2 Å². The molecule has 0 bridgehead atoms. The molecule has 0 radical (unpaired) electrons. The first-order valence-corrected chi connectivity index (χ1v) is 14.0. The van der Waals surface area contributed by atoms with E-state index in [9.17, 15) is 9.59 Å². The van der Waals surface area contributed by atoms with Crippen molar-refractivity contribution in [3.8, 4) is 5.75 Å². The minimum Gasteiger partial charge on any atom is -0.493 e. The van der Waals surface area contributed by atoms with Crippen LogP contribution in [0, 0.1) is 5.92 Å². The first-order chi connectivity index (χ1) is 18.9. The molecule has 1 aliphatic rings. The number of hydrogen-bond donors (Lipinski definition) is 1. The van der Waals surface area contributed by atoms with Crippen LogP contribution in [0.3, 0.4) is 0 Å². The standard InChI is InChI=1S/C31H44N2O6/c1-6-37-29-18-23(14-15-26(29)31(35)38-7-2)19-30(34)32-27(17-22(3)4)25-12-8-9-13-28(25)33-16-10-11-24(20-33)39-21-36-5/h8-9,12-15,18,22,24,27H,6-7,10-11,16-17,19-21H2,1-5H3,(H,32,34)/t24-,27+/m0/s1. The molecule has 1 heterocycles. The van der Waals surface area contributed by atoms with E-state index in [1.807, 2.05) is 19.1 Å². The van der Waals surface area contributed by atoms with E-state index in [4.69, 9.17) is 18.9 Å². The molecule has 2 aromatic rings. The van der Waals surface area contributed by atoms with E-state index < -0.39 is 5.97 Å². The average molecular weight is 541 g/mol. The fraction of sp³-hybridized carbons (Fsp3) is 0.548. The van der Waals surface area contributed by atoms with Gasteiger partial charge in [-0.2, -0.15) is 0 Å². The summed E-state index contributed by atoms with van der Waals surface area (Å²) in [5.74, 6) is 0.302. The second-order valence-electron chi connectivity index (χ2n) is 10.3. The first-order valence-electron chi connectivity index (χ1n) is 14.0. The van der Waals surface area contributed by atoms with Crippen molar-refractivity contribution in [3.05, 3.63) is 59.2 Å². The fourth-order valence-electron chi connectivity index (χ4n) is 5.02. The Morgan fingerprint density at radius 3 is 2.62 bits per heavy atom. The van der Waals surface area contributed by atoms with Crippen LogP contribution >= 0.6 is 0 Å². The largest absolute Gasteiger partial charge is 0.493 e. The van der Waals surface area contributed by atoms with Crippen molar-refractivity contribution in [3.63, 3.8) is 0 Å². The number of esters is 1. The number of carbonyl (C=O) groups excluding carboxylic acids is 2. The molecular weight excluding hydrogens is 496 g/mol. The number of rotatable bonds is 14. The van der Waals surface area contributed by atoms with E-state index in [2.05, 4.69) is 36.2 Å². The Morgan fingerprint density at radius 2 is 1.90 bits per heavy atom. The molecule has 214 valence electrons. The summed E-state index contributed by atoms with van der Waals surface area (Å²) in [5, 5.41) is 3.30. The maximum absolute atomic E-state index is 13.3. The lowest BCUT2D eigenvalue weighted by molar-refractivity contribution is -0.121. The monoisotopic (exact) mass is 540 g/mol. The Balaban J connectivity index is 1.79. The van der Waals surface area contributed by atoms with Gasteiger partial charge in [-0.05, 0) is 68.4 Å². The van der Waals surface area contributed by atoms with Crippen molar-refractivity contribution in [2.75, 3.05) is 45.1 Å². The second-order valence-corrected chi connectivity index (χ2v) is 10.3. The third-order valence-electron chi connectivity index (χ3n) is 6.70. The molecule has 39 heavy (non-hydrogen) atoms. The molecule has 1 saturated heterocycles. The maximum Gasteiger partial charge on any atom is 0.341 e. The summed E-state index contributed by atoms with van der Waals surface area (Å²) in [5.41, 5.74) is 3.38. The van der Waals surface area contributed by atoms with Gasteiger partial charge in [-0.3, -0.25) is 4.79 Å². The zero-order valence-corrected chi connectivity index (χ0v) is 24.0. The molecule has 0 aromatic heterocycles. The van der Waals surface area contributed by atoms with Crippen LogP contribution in [0.5, 0.6) is 5.75 Å². The van der Waals surface area contributed by atoms with Crippen molar-refractivity contribution >= 4 is 17.6 Å². The summed E-state index contributed by atoms with van der Waals surface area (Å²) in [7, 11) is 1.64. The van der Waals surface area contributed by atoms with Crippen LogP contribution in [-0.2, 0) is 25.4 Å². The van der Waals surface area contributed by atoms with Crippen LogP contribution in [0.2, 0.25) is 0 Å². The van der Waals surface area contributed by atoms with Gasteiger partial charge in [-0.25, -0.2) is 4.79 Å². The van der Waals surface area contributed by atoms with Crippen LogP contribution < -0.4 is 15.0 Å². The molecule has 1 fully saturated rings. The Labute approximate surface area is 233 Å². The number of nitrogens with zero attached hydrogens (tertiary/aromatic N) is 1. The minimum absolute atomic E-state index is 0.0817. The molecule has 1 N–H and O–H groups in total. The van der Waals surface area contributed by atoms with Gasteiger partial charge in [0.25, 0.3) is 0 Å². The molecule has 0 spiro atoms. The van der Waals surface area contributed by atoms with Gasteiger partial charge < -0.3 is 29.2 Å². The highest BCUT2D eigenvalue weighted by atomic mass is 16.7. The van der Waals surface area contributed by atoms with Gasteiger partial charge in [0.05, 0.1) is 31.8 Å². The summed E-state index contributed by atoms with van der Waals surface area (Å²) >= 11 is 0. The van der Waals surface area contributed by atoms with Gasteiger partial charge in [0, 0.05) is 25.9 Å². The highest BCUT2D eigenvalue weighted by Crippen LogP contribution is 2.33. The molecular formula is C31H44N2O6. The number of amides is 1. The highest BCUT2D eigenvalue weighted by molar-refractivity contribution is 5.93. The number of ether oxygens (including phenoxy) is 4. The zero-order valence-electron chi connectivity index (χ0n) is 24.0. The van der Waals surface area contributed by atoms with Gasteiger partial charge in [-0.15, -0.1) is 0 Å². The Morgan fingerprint density at radius 1 is 1.10 bits per heavy atom. The smallest absolute Gasteiger partial charge is 0.341 e. The van der Waals surface area contributed by atoms with Gasteiger partial charge in [0.1, 0.15) is 18.1 Å². The predicted molar refractivity (Wildman–Crippen MR) is 152 cm³/mol. The number of nitrogens with one attached hydrogen (secondary N) is 1. The van der Waals surface area contributed by atoms with E-state index in [1.54, 1.807) is 32.2 Å². The van der Waals surface area contributed by atoms with Crippen molar-refractivity contribution < 1.29 is 28.5 Å². The molecule has 0 saturated carbocycles. The van der Waals surface area contributed by atoms with E-state index in [1.165, 1.54) is 0 Å². The number of piperidine rings is 1. The lowest BCUT2D eigenvalue weighted by atomic mass is 9.94. The third kappa shape index (κ3) is 8.97. The lowest BCUT2D eigenvalue weighted by Crippen LogP contribution is -2.41. The molecule has 8 nitrogen and oxygen atoms in total. The van der Waals surface area contributed by atoms with Crippen LogP contribution in [0.15, 0.2) is 42.5 Å². The number of benzene rings is 2. The SMILES string of the molecule is CCOC(=O)c1ccc(CC(=O)N[C@H](CC(C)C)c2ccccc2N2CCC[C@H](OCOC)C2)cc1OCC. The highest BCUT2D eigenvalue weighted by Gasteiger charge is 2.26. The quantitative estimate of drug-likeness (QED) is 0.257. The number of methoxy groups -OCH3 is 1. The van der Waals surface area contributed by atoms with Crippen LogP contribution in [-0.4, -0.2) is 58.2 Å². The molecule has 8 heteroatoms. The van der Waals surface area contributed by atoms with Gasteiger partial charge in [-0.1, -0.05) is 38.1 Å². The van der Waals surface area contributed by atoms with E-state index >= 15 is 0 Å². The van der Waals surface area contributed by atoms with Gasteiger partial charge >= 0.3 is 5.97 Å². The molecule has 0 unspecified atom stereocenters. The average Bonchev–Trinajstić information content (AvgIpc) is 2.92. The summed E-state index contributed by atoms with van der Waals surface area (Å²) < 4.78 is 21.8. The molecule has 1 aliphatic heterocycles. The summed E-state index contributed by atoms with van der Waals surface area (Å²) in [6.45, 7) is 10.7. The number of hydrogen-bond acceptors (Lipinski definition) is 7. The maximum atomic E-state index is 13.3. The van der Waals surface area contributed by atoms with Crippen LogP contribution in [0.4, 0.5) is 5.69 Å². The van der Waals surface area contributed by atoms with Gasteiger partial charge in [0.15, 0.2) is 0 Å². The Hall–Kier alpha value is -3.10. The van der Waals surface area contributed by atoms with Gasteiger partial charge in [0.2, 0.25) is 5.91 Å². The Bertz CT molecular complexity index is 1070. The topological polar surface area (TPSA) is 86.3 Å². The first kappa shape index (κ1) is 30.4. The minimum atomic E-state index is -0.432. The predicted octanol–water partition coefficient (Wildman–Crippen LogP) is 5.30. The van der Waals surface area contributed by atoms with Crippen molar-refractivity contribution in [2.45, 2.75) is 65.5 Å². The molecule has 0 aliphatic carbocycles. The molecule has 1 amide bonds. The number of carbonyl (C=O) groups is 2. The fourth-order valence-corrected chi connectivity index (χ4v) is 5.02. The number of para-hydroxylation sites is 1. The summed E-state index contributed by atoms with van der Waals surface area (Å²) in [6, 6.07) is 13.4. The van der Waals surface area contributed by atoms with E-state index in [0.29, 0.717) is 23.8 Å². The van der Waals surface area contributed by atoms with Crippen molar-refractivity contribution in [2.24, 2.45) is 5.92 Å². The molecule has 3 rings (SSSR count). The van der Waals surface area contributed by atoms with Crippen molar-refractivity contribution in [1.29, 1.82) is 0 Å². The van der Waals surface area contributed by atoms with Crippen LogP contribution in [0.25, 0.3) is 0 Å². The second kappa shape index (κ2) is 15.5. The molecule has 2 atom stereocenters. The summed E-state index contributed by atoms with van der Waals surface area (Å²) in [6.07, 6.45) is 3.14.